The van der Waals surface area contributed by atoms with E-state index < -0.39 is 5.91 Å². The number of furan rings is 1. The summed E-state index contributed by atoms with van der Waals surface area (Å²) in [5, 5.41) is 4.16. The summed E-state index contributed by atoms with van der Waals surface area (Å²) in [5.41, 5.74) is 7.60. The molecule has 2 amide bonds. The van der Waals surface area contributed by atoms with Crippen molar-refractivity contribution in [2.45, 2.75) is 13.0 Å². The van der Waals surface area contributed by atoms with Crippen molar-refractivity contribution in [2.24, 2.45) is 5.73 Å². The first-order valence-corrected chi connectivity index (χ1v) is 8.77. The number of hydrogen-bond acceptors (Lipinski definition) is 5. The summed E-state index contributed by atoms with van der Waals surface area (Å²) in [6.07, 6.45) is 0.751. The van der Waals surface area contributed by atoms with Gasteiger partial charge in [-0.3, -0.25) is 9.59 Å². The molecule has 0 aliphatic carbocycles. The number of hydrogen-bond donors (Lipinski definition) is 2. The van der Waals surface area contributed by atoms with Crippen LogP contribution in [0.25, 0.3) is 11.0 Å². The second kappa shape index (κ2) is 7.11. The van der Waals surface area contributed by atoms with Crippen molar-refractivity contribution in [3.05, 3.63) is 52.1 Å². The molecule has 3 N–H and O–H groups in total. The van der Waals surface area contributed by atoms with E-state index >= 15 is 0 Å². The molecule has 1 aliphatic heterocycles. The van der Waals surface area contributed by atoms with Gasteiger partial charge in [-0.05, 0) is 31.2 Å². The summed E-state index contributed by atoms with van der Waals surface area (Å²) in [5.74, 6) is -0.687. The molecule has 6 nitrogen and oxygen atoms in total. The number of benzene rings is 1. The van der Waals surface area contributed by atoms with E-state index in [2.05, 4.69) is 10.2 Å². The van der Waals surface area contributed by atoms with Gasteiger partial charge in [-0.2, -0.15) is 0 Å². The van der Waals surface area contributed by atoms with E-state index in [1.165, 1.54) is 11.3 Å². The van der Waals surface area contributed by atoms with Gasteiger partial charge in [-0.15, -0.1) is 23.7 Å². The van der Waals surface area contributed by atoms with Crippen molar-refractivity contribution < 1.29 is 14.0 Å². The van der Waals surface area contributed by atoms with Crippen LogP contribution in [0.1, 0.15) is 31.4 Å². The van der Waals surface area contributed by atoms with Gasteiger partial charge in [0.25, 0.3) is 11.8 Å². The zero-order valence-corrected chi connectivity index (χ0v) is 15.7. The number of primary amides is 1. The monoisotopic (exact) mass is 391 g/mol. The third-order valence-corrected chi connectivity index (χ3v) is 5.50. The second-order valence-electron chi connectivity index (χ2n) is 6.16. The van der Waals surface area contributed by atoms with E-state index in [1.54, 1.807) is 12.1 Å². The van der Waals surface area contributed by atoms with Gasteiger partial charge in [0.1, 0.15) is 10.6 Å². The fourth-order valence-corrected chi connectivity index (χ4v) is 4.47. The molecule has 1 aliphatic rings. The molecule has 8 heteroatoms. The van der Waals surface area contributed by atoms with Gasteiger partial charge < -0.3 is 20.4 Å². The van der Waals surface area contributed by atoms with Crippen LogP contribution in [0.3, 0.4) is 0 Å². The Morgan fingerprint density at radius 3 is 2.81 bits per heavy atom. The maximum Gasteiger partial charge on any atom is 0.292 e. The molecule has 0 bridgehead atoms. The molecule has 0 radical (unpaired) electrons. The molecular formula is C18H18ClN3O3S. The lowest BCUT2D eigenvalue weighted by Crippen LogP contribution is -2.27. The lowest BCUT2D eigenvalue weighted by Gasteiger charge is -2.22. The Morgan fingerprint density at radius 2 is 2.08 bits per heavy atom. The Bertz CT molecular complexity index is 962. The van der Waals surface area contributed by atoms with Crippen LogP contribution in [-0.4, -0.2) is 30.3 Å². The molecule has 0 saturated carbocycles. The maximum absolute atomic E-state index is 12.6. The molecule has 4 rings (SSSR count). The van der Waals surface area contributed by atoms with Crippen LogP contribution in [0.15, 0.2) is 34.7 Å². The van der Waals surface area contributed by atoms with Gasteiger partial charge in [0, 0.05) is 23.4 Å². The molecule has 0 unspecified atom stereocenters. The fourth-order valence-electron chi connectivity index (χ4n) is 3.14. The number of halogens is 1. The Kier molecular flexibility index (Phi) is 5.04. The highest BCUT2D eigenvalue weighted by Crippen LogP contribution is 2.37. The van der Waals surface area contributed by atoms with Gasteiger partial charge >= 0.3 is 0 Å². The second-order valence-corrected chi connectivity index (χ2v) is 7.27. The van der Waals surface area contributed by atoms with Crippen molar-refractivity contribution in [2.75, 3.05) is 18.9 Å². The lowest BCUT2D eigenvalue weighted by atomic mass is 10.0. The molecule has 1 aromatic carbocycles. The van der Waals surface area contributed by atoms with Crippen molar-refractivity contribution in [3.63, 3.8) is 0 Å². The van der Waals surface area contributed by atoms with Crippen molar-refractivity contribution in [3.8, 4) is 0 Å². The SMILES string of the molecule is CN1CCc2c(sc(NC(=O)c3cc4ccccc4o3)c2C(N)=O)C1.Cl. The van der Waals surface area contributed by atoms with Crippen LogP contribution in [-0.2, 0) is 13.0 Å². The Labute approximate surface area is 160 Å². The van der Waals surface area contributed by atoms with Crippen molar-refractivity contribution >= 4 is 51.5 Å². The van der Waals surface area contributed by atoms with E-state index in [-0.39, 0.29) is 24.1 Å². The molecule has 0 saturated heterocycles. The smallest absolute Gasteiger partial charge is 0.292 e. The van der Waals surface area contributed by atoms with Crippen LogP contribution in [0.5, 0.6) is 0 Å². The van der Waals surface area contributed by atoms with Crippen molar-refractivity contribution in [1.29, 1.82) is 0 Å². The van der Waals surface area contributed by atoms with Crippen LogP contribution in [0, 0.1) is 0 Å². The minimum Gasteiger partial charge on any atom is -0.451 e. The van der Waals surface area contributed by atoms with E-state index in [4.69, 9.17) is 10.2 Å². The Balaban J connectivity index is 0.00000196. The molecule has 3 aromatic rings. The number of anilines is 1. The number of nitrogens with two attached hydrogens (primary N) is 1. The summed E-state index contributed by atoms with van der Waals surface area (Å²) < 4.78 is 5.59. The third kappa shape index (κ3) is 3.21. The molecule has 3 heterocycles. The lowest BCUT2D eigenvalue weighted by molar-refractivity contribution is 0.0999. The number of amides is 2. The highest BCUT2D eigenvalue weighted by Gasteiger charge is 2.27. The zero-order valence-electron chi connectivity index (χ0n) is 14.1. The van der Waals surface area contributed by atoms with E-state index in [9.17, 15) is 9.59 Å². The molecular weight excluding hydrogens is 374 g/mol. The van der Waals surface area contributed by atoms with Crippen LogP contribution < -0.4 is 11.1 Å². The van der Waals surface area contributed by atoms with Gasteiger partial charge in [0.2, 0.25) is 0 Å². The first kappa shape index (κ1) is 18.4. The average molecular weight is 392 g/mol. The molecule has 26 heavy (non-hydrogen) atoms. The predicted octanol–water partition coefficient (Wildman–Crippen LogP) is 3.26. The maximum atomic E-state index is 12.6. The van der Waals surface area contributed by atoms with Gasteiger partial charge in [0.15, 0.2) is 5.76 Å². The fraction of sp³-hybridized carbons (Fsp3) is 0.222. The topological polar surface area (TPSA) is 88.6 Å². The molecule has 136 valence electrons. The predicted molar refractivity (Wildman–Crippen MR) is 104 cm³/mol. The highest BCUT2D eigenvalue weighted by atomic mass is 35.5. The van der Waals surface area contributed by atoms with E-state index in [0.717, 1.165) is 35.3 Å². The number of carbonyl (C=O) groups excluding carboxylic acids is 2. The number of carbonyl (C=O) groups is 2. The molecule has 0 atom stereocenters. The minimum absolute atomic E-state index is 0. The number of fused-ring (bicyclic) bond motifs is 2. The number of thiophene rings is 1. The summed E-state index contributed by atoms with van der Waals surface area (Å²) in [6, 6.07) is 9.11. The van der Waals surface area contributed by atoms with Gasteiger partial charge in [-0.1, -0.05) is 18.2 Å². The van der Waals surface area contributed by atoms with E-state index in [1.807, 2.05) is 25.2 Å². The van der Waals surface area contributed by atoms with Gasteiger partial charge in [0.05, 0.1) is 5.56 Å². The number of nitrogens with one attached hydrogen (secondary N) is 1. The van der Waals surface area contributed by atoms with Crippen molar-refractivity contribution in [1.82, 2.24) is 4.90 Å². The normalized spacial score (nSPS) is 13.9. The minimum atomic E-state index is -0.512. The molecule has 2 aromatic heterocycles. The standard InChI is InChI=1S/C18H17N3O3S.ClH/c1-21-7-6-11-14(9-21)25-18(15(11)16(19)22)20-17(23)13-8-10-4-2-3-5-12(10)24-13;/h2-5,8H,6-7,9H2,1H3,(H2,19,22)(H,20,23);1H. The quantitative estimate of drug-likeness (QED) is 0.717. The van der Waals surface area contributed by atoms with E-state index in [0.29, 0.717) is 16.1 Å². The number of nitrogens with zero attached hydrogens (tertiary/aromatic N) is 1. The largest absolute Gasteiger partial charge is 0.451 e. The summed E-state index contributed by atoms with van der Waals surface area (Å²) >= 11 is 1.41. The summed E-state index contributed by atoms with van der Waals surface area (Å²) in [7, 11) is 2.03. The third-order valence-electron chi connectivity index (χ3n) is 4.37. The van der Waals surface area contributed by atoms with Crippen LogP contribution in [0.2, 0.25) is 0 Å². The summed E-state index contributed by atoms with van der Waals surface area (Å²) in [4.78, 5) is 27.8. The Hall–Kier alpha value is -2.35. The molecule has 0 fully saturated rings. The highest BCUT2D eigenvalue weighted by molar-refractivity contribution is 7.17. The summed E-state index contributed by atoms with van der Waals surface area (Å²) in [6.45, 7) is 1.61. The Morgan fingerprint density at radius 1 is 1.31 bits per heavy atom. The zero-order chi connectivity index (χ0) is 17.6. The molecule has 0 spiro atoms. The first-order valence-electron chi connectivity index (χ1n) is 7.95. The first-order chi connectivity index (χ1) is 12.0. The number of para-hydroxylation sites is 1. The van der Waals surface area contributed by atoms with Crippen LogP contribution in [0.4, 0.5) is 5.00 Å². The number of rotatable bonds is 3. The van der Waals surface area contributed by atoms with Crippen LogP contribution >= 0.6 is 23.7 Å². The average Bonchev–Trinajstić information content (AvgIpc) is 3.15. The number of likely N-dealkylation sites (N-methyl/N-ethyl adjacent to an activating group) is 1. The van der Waals surface area contributed by atoms with Gasteiger partial charge in [-0.25, -0.2) is 0 Å².